The molecule has 1 aromatic rings. The summed E-state index contributed by atoms with van der Waals surface area (Å²) in [5.74, 6) is -1.01. The summed E-state index contributed by atoms with van der Waals surface area (Å²) in [5.41, 5.74) is 6.29. The first-order valence-corrected chi connectivity index (χ1v) is 6.37. The zero-order valence-electron chi connectivity index (χ0n) is 11.2. The molecule has 4 nitrogen and oxygen atoms in total. The molecule has 0 radical (unpaired) electrons. The highest BCUT2D eigenvalue weighted by Gasteiger charge is 2.20. The summed E-state index contributed by atoms with van der Waals surface area (Å²) in [5, 5.41) is 9.07. The minimum Gasteiger partial charge on any atom is -0.479 e. The quantitative estimate of drug-likeness (QED) is 0.797. The number of nitrogens with two attached hydrogens (primary N) is 1. The van der Waals surface area contributed by atoms with Crippen molar-refractivity contribution >= 4 is 5.97 Å². The molecule has 0 spiro atoms. The van der Waals surface area contributed by atoms with Crippen LogP contribution in [0, 0.1) is 5.82 Å². The van der Waals surface area contributed by atoms with Crippen LogP contribution in [0.4, 0.5) is 4.39 Å². The van der Waals surface area contributed by atoms with Gasteiger partial charge in [0.15, 0.2) is 6.10 Å². The van der Waals surface area contributed by atoms with Crippen LogP contribution in [0.1, 0.15) is 32.3 Å². The van der Waals surface area contributed by atoms with Crippen LogP contribution in [-0.4, -0.2) is 23.2 Å². The van der Waals surface area contributed by atoms with E-state index >= 15 is 0 Å². The van der Waals surface area contributed by atoms with Gasteiger partial charge >= 0.3 is 5.97 Å². The molecule has 0 heterocycles. The van der Waals surface area contributed by atoms with E-state index in [-0.39, 0.29) is 11.9 Å². The van der Waals surface area contributed by atoms with Crippen LogP contribution in [0.2, 0.25) is 0 Å². The molecule has 0 aromatic heterocycles. The zero-order chi connectivity index (χ0) is 14.4. The van der Waals surface area contributed by atoms with Crippen LogP contribution in [0.3, 0.4) is 0 Å². The summed E-state index contributed by atoms with van der Waals surface area (Å²) >= 11 is 0. The standard InChI is InChI=1S/C14H20FNO3/c1-3-4-13(14(17)18)19-12-6-5-11(15)8-10(12)7-9(2)16/h5-6,8-9,13H,3-4,7,16H2,1-2H3,(H,17,18). The van der Waals surface area contributed by atoms with Crippen LogP contribution in [0.25, 0.3) is 0 Å². The first-order chi connectivity index (χ1) is 8.93. The highest BCUT2D eigenvalue weighted by Crippen LogP contribution is 2.23. The molecule has 5 heteroatoms. The molecule has 2 atom stereocenters. The average molecular weight is 269 g/mol. The number of hydrogen-bond donors (Lipinski definition) is 2. The average Bonchev–Trinajstić information content (AvgIpc) is 2.30. The Hall–Kier alpha value is -1.62. The number of aliphatic carboxylic acids is 1. The summed E-state index contributed by atoms with van der Waals surface area (Å²) in [4.78, 5) is 11.1. The van der Waals surface area contributed by atoms with Gasteiger partial charge < -0.3 is 15.6 Å². The van der Waals surface area contributed by atoms with Gasteiger partial charge in [0, 0.05) is 6.04 Å². The molecule has 1 rings (SSSR count). The van der Waals surface area contributed by atoms with Crippen molar-refractivity contribution < 1.29 is 19.0 Å². The molecule has 0 saturated carbocycles. The van der Waals surface area contributed by atoms with E-state index in [0.29, 0.717) is 30.6 Å². The molecular weight excluding hydrogens is 249 g/mol. The fourth-order valence-corrected chi connectivity index (χ4v) is 1.82. The predicted octanol–water partition coefficient (Wildman–Crippen LogP) is 2.35. The van der Waals surface area contributed by atoms with E-state index in [1.807, 2.05) is 6.92 Å². The normalized spacial score (nSPS) is 13.9. The molecule has 0 bridgehead atoms. The monoisotopic (exact) mass is 269 g/mol. The van der Waals surface area contributed by atoms with Crippen molar-refractivity contribution in [2.45, 2.75) is 45.3 Å². The number of benzene rings is 1. The molecular formula is C14H20FNO3. The molecule has 0 fully saturated rings. The van der Waals surface area contributed by atoms with Crippen molar-refractivity contribution in [3.8, 4) is 5.75 Å². The van der Waals surface area contributed by atoms with Crippen LogP contribution >= 0.6 is 0 Å². The summed E-state index contributed by atoms with van der Waals surface area (Å²) in [6, 6.07) is 3.89. The first-order valence-electron chi connectivity index (χ1n) is 6.37. The van der Waals surface area contributed by atoms with E-state index in [0.717, 1.165) is 0 Å². The lowest BCUT2D eigenvalue weighted by atomic mass is 10.1. The molecule has 19 heavy (non-hydrogen) atoms. The number of carboxylic acid groups (broad SMARTS) is 1. The molecule has 106 valence electrons. The number of hydrogen-bond acceptors (Lipinski definition) is 3. The lowest BCUT2D eigenvalue weighted by Crippen LogP contribution is -2.27. The minimum atomic E-state index is -1.02. The van der Waals surface area contributed by atoms with Crippen LogP contribution < -0.4 is 10.5 Å². The molecule has 0 aliphatic heterocycles. The third-order valence-electron chi connectivity index (χ3n) is 2.66. The Morgan fingerprint density at radius 1 is 1.53 bits per heavy atom. The van der Waals surface area contributed by atoms with Gasteiger partial charge in [-0.25, -0.2) is 9.18 Å². The second-order valence-electron chi connectivity index (χ2n) is 4.67. The van der Waals surface area contributed by atoms with Gasteiger partial charge in [-0.2, -0.15) is 0 Å². The second-order valence-corrected chi connectivity index (χ2v) is 4.67. The molecule has 1 aromatic carbocycles. The lowest BCUT2D eigenvalue weighted by molar-refractivity contribution is -0.145. The van der Waals surface area contributed by atoms with Crippen LogP contribution in [0.15, 0.2) is 18.2 Å². The molecule has 2 unspecified atom stereocenters. The van der Waals surface area contributed by atoms with Crippen molar-refractivity contribution in [2.75, 3.05) is 0 Å². The Kier molecular flexibility index (Phi) is 5.76. The van der Waals surface area contributed by atoms with E-state index < -0.39 is 12.1 Å². The van der Waals surface area contributed by atoms with Crippen molar-refractivity contribution in [3.63, 3.8) is 0 Å². The van der Waals surface area contributed by atoms with E-state index in [2.05, 4.69) is 0 Å². The number of carbonyl (C=O) groups is 1. The first kappa shape index (κ1) is 15.4. The van der Waals surface area contributed by atoms with Gasteiger partial charge in [-0.1, -0.05) is 13.3 Å². The van der Waals surface area contributed by atoms with Crippen molar-refractivity contribution in [1.29, 1.82) is 0 Å². The third kappa shape index (κ3) is 4.87. The van der Waals surface area contributed by atoms with Gasteiger partial charge in [-0.3, -0.25) is 0 Å². The maximum absolute atomic E-state index is 13.2. The zero-order valence-corrected chi connectivity index (χ0v) is 11.2. The highest BCUT2D eigenvalue weighted by atomic mass is 19.1. The Bertz CT molecular complexity index is 435. The highest BCUT2D eigenvalue weighted by molar-refractivity contribution is 5.72. The third-order valence-corrected chi connectivity index (χ3v) is 2.66. The summed E-state index contributed by atoms with van der Waals surface area (Å²) in [6.07, 6.45) is 0.624. The molecule has 0 aliphatic rings. The number of halogens is 1. The fourth-order valence-electron chi connectivity index (χ4n) is 1.82. The Balaban J connectivity index is 2.94. The van der Waals surface area contributed by atoms with E-state index in [1.54, 1.807) is 6.92 Å². The van der Waals surface area contributed by atoms with Crippen LogP contribution in [-0.2, 0) is 11.2 Å². The van der Waals surface area contributed by atoms with Crippen molar-refractivity contribution in [3.05, 3.63) is 29.6 Å². The van der Waals surface area contributed by atoms with E-state index in [1.165, 1.54) is 18.2 Å². The summed E-state index contributed by atoms with van der Waals surface area (Å²) in [7, 11) is 0. The molecule has 0 aliphatic carbocycles. The van der Waals surface area contributed by atoms with E-state index in [9.17, 15) is 9.18 Å². The Morgan fingerprint density at radius 3 is 2.74 bits per heavy atom. The SMILES string of the molecule is CCCC(Oc1ccc(F)cc1CC(C)N)C(=O)O. The largest absolute Gasteiger partial charge is 0.479 e. The van der Waals surface area contributed by atoms with Gasteiger partial charge in [-0.05, 0) is 43.5 Å². The summed E-state index contributed by atoms with van der Waals surface area (Å²) < 4.78 is 18.7. The van der Waals surface area contributed by atoms with Gasteiger partial charge in [0.05, 0.1) is 0 Å². The smallest absolute Gasteiger partial charge is 0.344 e. The maximum Gasteiger partial charge on any atom is 0.344 e. The lowest BCUT2D eigenvalue weighted by Gasteiger charge is -2.18. The second kappa shape index (κ2) is 7.09. The summed E-state index contributed by atoms with van der Waals surface area (Å²) in [6.45, 7) is 3.68. The minimum absolute atomic E-state index is 0.154. The predicted molar refractivity (Wildman–Crippen MR) is 70.7 cm³/mol. The Labute approximate surface area is 112 Å². The maximum atomic E-state index is 13.2. The molecule has 0 amide bonds. The van der Waals surface area contributed by atoms with Crippen molar-refractivity contribution in [1.82, 2.24) is 0 Å². The van der Waals surface area contributed by atoms with Gasteiger partial charge in [0.25, 0.3) is 0 Å². The molecule has 0 saturated heterocycles. The molecule has 3 N–H and O–H groups in total. The van der Waals surface area contributed by atoms with Gasteiger partial charge in [0.2, 0.25) is 0 Å². The van der Waals surface area contributed by atoms with Gasteiger partial charge in [-0.15, -0.1) is 0 Å². The van der Waals surface area contributed by atoms with Gasteiger partial charge in [0.1, 0.15) is 11.6 Å². The number of rotatable bonds is 7. The van der Waals surface area contributed by atoms with Crippen LogP contribution in [0.5, 0.6) is 5.75 Å². The topological polar surface area (TPSA) is 72.5 Å². The number of ether oxygens (including phenoxy) is 1. The fraction of sp³-hybridized carbons (Fsp3) is 0.500. The number of carboxylic acids is 1. The van der Waals surface area contributed by atoms with Crippen molar-refractivity contribution in [2.24, 2.45) is 5.73 Å². The van der Waals surface area contributed by atoms with E-state index in [4.69, 9.17) is 15.6 Å². The Morgan fingerprint density at radius 2 is 2.21 bits per heavy atom.